The molecule has 240 valence electrons. The van der Waals surface area contributed by atoms with Gasteiger partial charge in [-0.2, -0.15) is 18.3 Å². The van der Waals surface area contributed by atoms with E-state index in [4.69, 9.17) is 4.74 Å². The van der Waals surface area contributed by atoms with Crippen LogP contribution in [0.5, 0.6) is 11.5 Å². The van der Waals surface area contributed by atoms with Gasteiger partial charge in [-0.1, -0.05) is 6.07 Å². The first-order valence-electron chi connectivity index (χ1n) is 14.3. The molecule has 0 N–H and O–H groups in total. The highest BCUT2D eigenvalue weighted by Gasteiger charge is 2.35. The number of Topliss-reactive ketones (excluding diaryl/α,β-unsaturated/α-hetero) is 1. The molecule has 0 bridgehead atoms. The molecule has 0 aliphatic rings. The summed E-state index contributed by atoms with van der Waals surface area (Å²) in [6.45, 7) is 3.28. The van der Waals surface area contributed by atoms with Gasteiger partial charge in [0.2, 0.25) is 0 Å². The Labute approximate surface area is 263 Å². The van der Waals surface area contributed by atoms with Crippen LogP contribution < -0.4 is 16.0 Å². The second-order valence-electron chi connectivity index (χ2n) is 11.1. The quantitative estimate of drug-likeness (QED) is 0.148. The minimum atomic E-state index is -4.89. The molecule has 0 radical (unpaired) electrons. The average molecular weight is 647 g/mol. The largest absolute Gasteiger partial charge is 0.455 e. The number of alkyl halides is 3. The van der Waals surface area contributed by atoms with E-state index in [1.54, 1.807) is 56.3 Å². The number of aryl methyl sites for hydroxylation is 1. The van der Waals surface area contributed by atoms with Crippen molar-refractivity contribution in [2.45, 2.75) is 32.5 Å². The number of ketones is 1. The van der Waals surface area contributed by atoms with E-state index in [-0.39, 0.29) is 17.2 Å². The zero-order valence-electron chi connectivity index (χ0n) is 25.2. The highest BCUT2D eigenvalue weighted by atomic mass is 19.4. The lowest BCUT2D eigenvalue weighted by atomic mass is 9.99. The van der Waals surface area contributed by atoms with Crippen LogP contribution in [0.15, 0.2) is 95.3 Å². The van der Waals surface area contributed by atoms with E-state index in [2.05, 4.69) is 10.1 Å². The minimum absolute atomic E-state index is 0.00217. The molecule has 0 aliphatic heterocycles. The van der Waals surface area contributed by atoms with Crippen molar-refractivity contribution >= 4 is 11.3 Å². The first kappa shape index (κ1) is 31.2. The molecule has 0 saturated heterocycles. The lowest BCUT2D eigenvalue weighted by molar-refractivity contribution is -0.138. The molecule has 0 spiro atoms. The highest BCUT2D eigenvalue weighted by Crippen LogP contribution is 2.37. The number of benzene rings is 2. The zero-order valence-corrected chi connectivity index (χ0v) is 25.2. The Morgan fingerprint density at radius 3 is 2.38 bits per heavy atom. The topological polar surface area (TPSA) is 105 Å². The van der Waals surface area contributed by atoms with E-state index < -0.39 is 58.2 Å². The Hall–Kier alpha value is -5.79. The fourth-order valence-corrected chi connectivity index (χ4v) is 5.16. The third kappa shape index (κ3) is 6.09. The first-order valence-corrected chi connectivity index (χ1v) is 14.3. The predicted molar refractivity (Wildman–Crippen MR) is 164 cm³/mol. The minimum Gasteiger partial charge on any atom is -0.455 e. The van der Waals surface area contributed by atoms with Crippen molar-refractivity contribution in [3.63, 3.8) is 0 Å². The molecule has 2 aromatic carbocycles. The molecule has 0 fully saturated rings. The number of hydrogen-bond donors (Lipinski definition) is 0. The van der Waals surface area contributed by atoms with Crippen molar-refractivity contribution in [3.8, 4) is 28.4 Å². The van der Waals surface area contributed by atoms with E-state index >= 15 is 0 Å². The van der Waals surface area contributed by atoms with Crippen molar-refractivity contribution in [1.82, 2.24) is 28.3 Å². The molecule has 47 heavy (non-hydrogen) atoms. The third-order valence-electron chi connectivity index (χ3n) is 7.49. The molecule has 10 nitrogen and oxygen atoms in total. The highest BCUT2D eigenvalue weighted by molar-refractivity contribution is 5.97. The number of ether oxygens (including phenoxy) is 1. The lowest BCUT2D eigenvalue weighted by Crippen LogP contribution is -2.42. The number of fused-ring (bicyclic) bond motifs is 1. The maximum Gasteiger partial charge on any atom is 0.416 e. The summed E-state index contributed by atoms with van der Waals surface area (Å²) in [7, 11) is 1.80. The Kier molecular flexibility index (Phi) is 7.87. The number of nitrogens with zero attached hydrogens (tertiary/aromatic N) is 6. The van der Waals surface area contributed by atoms with Crippen molar-refractivity contribution in [2.75, 3.05) is 0 Å². The second-order valence-corrected chi connectivity index (χ2v) is 11.1. The fourth-order valence-electron chi connectivity index (χ4n) is 5.16. The summed E-state index contributed by atoms with van der Waals surface area (Å²) in [4.78, 5) is 44.4. The van der Waals surface area contributed by atoms with Gasteiger partial charge in [-0.05, 0) is 67.9 Å². The zero-order chi connectivity index (χ0) is 33.6. The van der Waals surface area contributed by atoms with Crippen molar-refractivity contribution in [1.29, 1.82) is 0 Å². The Morgan fingerprint density at radius 2 is 1.72 bits per heavy atom. The molecular formula is C33H26F4N6O4. The smallest absolute Gasteiger partial charge is 0.416 e. The van der Waals surface area contributed by atoms with E-state index in [9.17, 15) is 31.9 Å². The molecule has 0 amide bonds. The number of halogens is 4. The number of rotatable bonds is 8. The third-order valence-corrected chi connectivity index (χ3v) is 7.49. The maximum atomic E-state index is 14.4. The Balaban J connectivity index is 1.37. The monoisotopic (exact) mass is 646 g/mol. The van der Waals surface area contributed by atoms with Gasteiger partial charge in [-0.3, -0.25) is 14.2 Å². The second kappa shape index (κ2) is 11.9. The van der Waals surface area contributed by atoms with E-state index in [1.807, 2.05) is 0 Å². The fraction of sp³-hybridized carbons (Fsp3) is 0.182. The summed E-state index contributed by atoms with van der Waals surface area (Å²) in [5.74, 6) is -1.48. The summed E-state index contributed by atoms with van der Waals surface area (Å²) in [5.41, 5.74) is -2.14. The van der Waals surface area contributed by atoms with Crippen LogP contribution >= 0.6 is 0 Å². The van der Waals surface area contributed by atoms with Gasteiger partial charge in [-0.15, -0.1) is 0 Å². The van der Waals surface area contributed by atoms with Gasteiger partial charge >= 0.3 is 11.9 Å². The van der Waals surface area contributed by atoms with Gasteiger partial charge < -0.3 is 9.30 Å². The van der Waals surface area contributed by atoms with Crippen LogP contribution in [-0.2, 0) is 19.6 Å². The SMILES string of the molecule is CC(C)n1cc(C(=O)Cc2ccc(Oc3cc(-c4cn(C)cn4)cn4nccc34)cc2C(F)(F)F)c(=O)n(-c2ccc(F)cc2)c1=O. The summed E-state index contributed by atoms with van der Waals surface area (Å²) in [6.07, 6.45) is 1.97. The standard InChI is InChI=1S/C33H26F4N6O4/c1-19(2)41-16-25(31(45)43(32(41)46)23-7-5-22(34)6-8-23)29(44)12-20-4-9-24(14-26(20)33(35,36)37)47-30-13-21(27-17-40(3)18-38-27)15-42-28(30)10-11-39-42/h4-11,13-19H,12H2,1-3H3. The van der Waals surface area contributed by atoms with Gasteiger partial charge in [0.1, 0.15) is 22.6 Å². The number of aromatic nitrogens is 6. The van der Waals surface area contributed by atoms with Gasteiger partial charge in [0.05, 0.1) is 29.5 Å². The summed E-state index contributed by atoms with van der Waals surface area (Å²) in [5, 5.41) is 4.22. The predicted octanol–water partition coefficient (Wildman–Crippen LogP) is 6.00. The maximum absolute atomic E-state index is 14.4. The van der Waals surface area contributed by atoms with Gasteiger partial charge in [0, 0.05) is 43.7 Å². The lowest BCUT2D eigenvalue weighted by Gasteiger charge is -2.17. The molecule has 0 unspecified atom stereocenters. The van der Waals surface area contributed by atoms with Crippen LogP contribution in [0.4, 0.5) is 17.6 Å². The molecule has 0 saturated carbocycles. The molecule has 0 atom stereocenters. The average Bonchev–Trinajstić information content (AvgIpc) is 3.67. The van der Waals surface area contributed by atoms with E-state index in [1.165, 1.54) is 28.9 Å². The molecule has 0 aliphatic carbocycles. The molecule has 14 heteroatoms. The number of carbonyl (C=O) groups is 1. The van der Waals surface area contributed by atoms with Crippen LogP contribution in [-0.4, -0.2) is 34.1 Å². The summed E-state index contributed by atoms with van der Waals surface area (Å²) in [6, 6.07) is 10.4. The molecule has 6 rings (SSSR count). The van der Waals surface area contributed by atoms with Crippen molar-refractivity contribution < 1.29 is 27.1 Å². The number of hydrogen-bond acceptors (Lipinski definition) is 6. The van der Waals surface area contributed by atoms with Crippen LogP contribution in [0.3, 0.4) is 0 Å². The number of carbonyl (C=O) groups excluding carboxylic acids is 1. The van der Waals surface area contributed by atoms with Crippen molar-refractivity contribution in [3.05, 3.63) is 129 Å². The summed E-state index contributed by atoms with van der Waals surface area (Å²) < 4.78 is 67.8. The molecule has 4 aromatic heterocycles. The Bertz CT molecular complexity index is 2260. The van der Waals surface area contributed by atoms with Crippen LogP contribution in [0, 0.1) is 5.82 Å². The molecular weight excluding hydrogens is 620 g/mol. The van der Waals surface area contributed by atoms with E-state index in [0.29, 0.717) is 21.3 Å². The molecule has 4 heterocycles. The van der Waals surface area contributed by atoms with Gasteiger partial charge in [-0.25, -0.2) is 23.3 Å². The molecule has 6 aromatic rings. The summed E-state index contributed by atoms with van der Waals surface area (Å²) >= 11 is 0. The number of pyridine rings is 1. The van der Waals surface area contributed by atoms with Gasteiger partial charge in [0.15, 0.2) is 11.5 Å². The van der Waals surface area contributed by atoms with Crippen LogP contribution in [0.2, 0.25) is 0 Å². The van der Waals surface area contributed by atoms with Crippen LogP contribution in [0.1, 0.15) is 41.4 Å². The number of imidazole rings is 1. The van der Waals surface area contributed by atoms with E-state index in [0.717, 1.165) is 35.0 Å². The van der Waals surface area contributed by atoms with Crippen LogP contribution in [0.25, 0.3) is 22.5 Å². The normalized spacial score (nSPS) is 11.8. The van der Waals surface area contributed by atoms with Gasteiger partial charge in [0.25, 0.3) is 5.56 Å². The first-order chi connectivity index (χ1) is 22.3. The Morgan fingerprint density at radius 1 is 0.979 bits per heavy atom. The van der Waals surface area contributed by atoms with Crippen molar-refractivity contribution in [2.24, 2.45) is 7.05 Å².